The van der Waals surface area contributed by atoms with Gasteiger partial charge in [-0.05, 0) is 25.0 Å². The zero-order valence-corrected chi connectivity index (χ0v) is 9.11. The molecule has 0 bridgehead atoms. The number of carbonyl (C=O) groups is 1. The number of thioether (sulfide) groups is 1. The van der Waals surface area contributed by atoms with Crippen LogP contribution in [0.1, 0.15) is 38.5 Å². The van der Waals surface area contributed by atoms with Gasteiger partial charge in [0.05, 0.1) is 0 Å². The van der Waals surface area contributed by atoms with E-state index in [1.165, 1.54) is 12.8 Å². The first kappa shape index (κ1) is 10.1. The predicted octanol–water partition coefficient (Wildman–Crippen LogP) is 2.84. The van der Waals surface area contributed by atoms with Crippen molar-refractivity contribution in [3.05, 3.63) is 11.3 Å². The molecule has 1 unspecified atom stereocenters. The van der Waals surface area contributed by atoms with Gasteiger partial charge in [-0.25, -0.2) is 0 Å². The van der Waals surface area contributed by atoms with Gasteiger partial charge in [-0.15, -0.1) is 0 Å². The minimum absolute atomic E-state index is 0.188. The molecule has 1 atom stereocenters. The Morgan fingerprint density at radius 1 is 1.21 bits per heavy atom. The van der Waals surface area contributed by atoms with E-state index in [2.05, 4.69) is 0 Å². The molecule has 0 spiro atoms. The lowest BCUT2D eigenvalue weighted by Gasteiger charge is -2.26. The van der Waals surface area contributed by atoms with Crippen LogP contribution in [-0.4, -0.2) is 21.9 Å². The van der Waals surface area contributed by atoms with E-state index in [4.69, 9.17) is 0 Å². The van der Waals surface area contributed by atoms with Crippen LogP contribution in [0.5, 0.6) is 0 Å². The molecule has 0 aromatic heterocycles. The Morgan fingerprint density at radius 2 is 2.07 bits per heavy atom. The Labute approximate surface area is 88.8 Å². The van der Waals surface area contributed by atoms with E-state index in [-0.39, 0.29) is 11.0 Å². The summed E-state index contributed by atoms with van der Waals surface area (Å²) in [4.78, 5) is 11.7. The van der Waals surface area contributed by atoms with Gasteiger partial charge in [0.2, 0.25) is 0 Å². The molecule has 2 nitrogen and oxygen atoms in total. The van der Waals surface area contributed by atoms with Gasteiger partial charge in [0.1, 0.15) is 5.76 Å². The van der Waals surface area contributed by atoms with Gasteiger partial charge >= 0.3 is 0 Å². The number of Topliss-reactive ketones (excluding diaryl/α,β-unsaturated/α-hetero) is 1. The number of hydrogen-bond donors (Lipinski definition) is 1. The maximum atomic E-state index is 11.7. The molecule has 0 saturated carbocycles. The van der Waals surface area contributed by atoms with Crippen molar-refractivity contribution in [3.8, 4) is 0 Å². The van der Waals surface area contributed by atoms with Gasteiger partial charge in [0.15, 0.2) is 5.78 Å². The highest BCUT2D eigenvalue weighted by Crippen LogP contribution is 2.35. The smallest absolute Gasteiger partial charge is 0.163 e. The van der Waals surface area contributed by atoms with Gasteiger partial charge in [0.25, 0.3) is 0 Å². The van der Waals surface area contributed by atoms with Crippen molar-refractivity contribution >= 4 is 17.5 Å². The lowest BCUT2D eigenvalue weighted by atomic mass is 9.92. The van der Waals surface area contributed by atoms with E-state index in [0.29, 0.717) is 18.6 Å². The standard InChI is InChI=1S/C11H16O2S/c12-8-4-3-5-9(13)11(8)10-6-1-2-7-14-10/h10,12H,1-7H2. The third kappa shape index (κ3) is 1.97. The van der Waals surface area contributed by atoms with E-state index < -0.39 is 0 Å². The minimum atomic E-state index is 0.188. The number of aliphatic hydroxyl groups excluding tert-OH is 1. The van der Waals surface area contributed by atoms with Crippen LogP contribution in [0.3, 0.4) is 0 Å². The van der Waals surface area contributed by atoms with E-state index >= 15 is 0 Å². The molecule has 1 fully saturated rings. The highest BCUT2D eigenvalue weighted by Gasteiger charge is 2.29. The molecule has 3 heteroatoms. The third-order valence-corrected chi connectivity index (χ3v) is 4.33. The number of allylic oxidation sites excluding steroid dienone is 1. The molecule has 0 radical (unpaired) electrons. The second-order valence-corrected chi connectivity index (χ2v) is 5.30. The molecule has 1 N–H and O–H groups in total. The zero-order valence-electron chi connectivity index (χ0n) is 8.29. The van der Waals surface area contributed by atoms with E-state index in [1.807, 2.05) is 11.8 Å². The Hall–Kier alpha value is -0.440. The first-order valence-corrected chi connectivity index (χ1v) is 6.40. The molecule has 0 aromatic carbocycles. The normalized spacial score (nSPS) is 29.4. The summed E-state index contributed by atoms with van der Waals surface area (Å²) in [5.74, 6) is 1.70. The molecule has 1 heterocycles. The second-order valence-electron chi connectivity index (χ2n) is 3.99. The molecule has 78 valence electrons. The topological polar surface area (TPSA) is 37.3 Å². The fraction of sp³-hybridized carbons (Fsp3) is 0.727. The Morgan fingerprint density at radius 3 is 2.71 bits per heavy atom. The maximum Gasteiger partial charge on any atom is 0.163 e. The summed E-state index contributed by atoms with van der Waals surface area (Å²) in [5, 5.41) is 10.0. The van der Waals surface area contributed by atoms with Crippen LogP contribution in [0.4, 0.5) is 0 Å². The summed E-state index contributed by atoms with van der Waals surface area (Å²) >= 11 is 1.84. The van der Waals surface area contributed by atoms with Crippen molar-refractivity contribution in [2.24, 2.45) is 0 Å². The van der Waals surface area contributed by atoms with Gasteiger partial charge in [-0.2, -0.15) is 11.8 Å². The van der Waals surface area contributed by atoms with Crippen molar-refractivity contribution in [2.45, 2.75) is 43.8 Å². The number of ketones is 1. The molecular weight excluding hydrogens is 196 g/mol. The largest absolute Gasteiger partial charge is 0.512 e. The lowest BCUT2D eigenvalue weighted by Crippen LogP contribution is -2.23. The highest BCUT2D eigenvalue weighted by atomic mass is 32.2. The van der Waals surface area contributed by atoms with Crippen LogP contribution in [0, 0.1) is 0 Å². The van der Waals surface area contributed by atoms with Crippen LogP contribution in [0.2, 0.25) is 0 Å². The van der Waals surface area contributed by atoms with Crippen LogP contribution < -0.4 is 0 Å². The Kier molecular flexibility index (Phi) is 3.16. The van der Waals surface area contributed by atoms with E-state index in [1.54, 1.807) is 0 Å². The summed E-state index contributed by atoms with van der Waals surface area (Å²) in [7, 11) is 0. The molecule has 2 aliphatic rings. The average Bonchev–Trinajstić information content (AvgIpc) is 2.19. The third-order valence-electron chi connectivity index (χ3n) is 2.93. The van der Waals surface area contributed by atoms with Gasteiger partial charge in [-0.1, -0.05) is 6.42 Å². The molecular formula is C11H16O2S. The number of carbonyl (C=O) groups excluding carboxylic acids is 1. The minimum Gasteiger partial charge on any atom is -0.512 e. The Balaban J connectivity index is 2.16. The number of aliphatic hydroxyl groups is 1. The second kappa shape index (κ2) is 4.39. The van der Waals surface area contributed by atoms with Gasteiger partial charge in [0, 0.05) is 23.7 Å². The van der Waals surface area contributed by atoms with E-state index in [0.717, 1.165) is 24.2 Å². The summed E-state index contributed by atoms with van der Waals surface area (Å²) in [6.45, 7) is 0. The molecule has 14 heavy (non-hydrogen) atoms. The van der Waals surface area contributed by atoms with Gasteiger partial charge in [-0.3, -0.25) is 4.79 Å². The average molecular weight is 212 g/mol. The first-order valence-electron chi connectivity index (χ1n) is 5.36. The summed E-state index contributed by atoms with van der Waals surface area (Å²) < 4.78 is 0. The first-order chi connectivity index (χ1) is 6.79. The van der Waals surface area contributed by atoms with Crippen molar-refractivity contribution in [2.75, 3.05) is 5.75 Å². The van der Waals surface area contributed by atoms with Crippen LogP contribution in [-0.2, 0) is 4.79 Å². The molecule has 2 rings (SSSR count). The Bertz CT molecular complexity index is 264. The summed E-state index contributed by atoms with van der Waals surface area (Å²) in [6, 6.07) is 0. The fourth-order valence-corrected chi connectivity index (χ4v) is 3.60. The quantitative estimate of drug-likeness (QED) is 0.726. The molecule has 1 saturated heterocycles. The van der Waals surface area contributed by atoms with Crippen molar-refractivity contribution < 1.29 is 9.90 Å². The van der Waals surface area contributed by atoms with Crippen molar-refractivity contribution in [1.29, 1.82) is 0 Å². The molecule has 1 aliphatic carbocycles. The van der Waals surface area contributed by atoms with Crippen molar-refractivity contribution in [3.63, 3.8) is 0 Å². The molecule has 1 aliphatic heterocycles. The predicted molar refractivity (Wildman–Crippen MR) is 58.6 cm³/mol. The lowest BCUT2D eigenvalue weighted by molar-refractivity contribution is -0.116. The van der Waals surface area contributed by atoms with Crippen LogP contribution in [0.15, 0.2) is 11.3 Å². The van der Waals surface area contributed by atoms with Crippen molar-refractivity contribution in [1.82, 2.24) is 0 Å². The number of hydrogen-bond acceptors (Lipinski definition) is 3. The van der Waals surface area contributed by atoms with Crippen LogP contribution in [0.25, 0.3) is 0 Å². The summed E-state index contributed by atoms with van der Waals surface area (Å²) in [6.07, 6.45) is 5.68. The summed E-state index contributed by atoms with van der Waals surface area (Å²) in [5.41, 5.74) is 0.751. The SMILES string of the molecule is O=C1CCCC(O)=C1C1CCCCS1. The van der Waals surface area contributed by atoms with E-state index in [9.17, 15) is 9.90 Å². The fourth-order valence-electron chi connectivity index (χ4n) is 2.18. The number of rotatable bonds is 1. The molecule has 0 aromatic rings. The monoisotopic (exact) mass is 212 g/mol. The van der Waals surface area contributed by atoms with Gasteiger partial charge < -0.3 is 5.11 Å². The zero-order chi connectivity index (χ0) is 9.97. The highest BCUT2D eigenvalue weighted by molar-refractivity contribution is 8.00. The maximum absolute atomic E-state index is 11.7. The van der Waals surface area contributed by atoms with Crippen LogP contribution >= 0.6 is 11.8 Å². The molecule has 0 amide bonds.